The van der Waals surface area contributed by atoms with Crippen LogP contribution in [0.4, 0.5) is 5.69 Å². The molecule has 0 bridgehead atoms. The molecule has 2 heterocycles. The maximum Gasteiger partial charge on any atom is 0.255 e. The zero-order valence-corrected chi connectivity index (χ0v) is 18.5. The van der Waals surface area contributed by atoms with E-state index in [0.717, 1.165) is 36.6 Å². The fourth-order valence-corrected chi connectivity index (χ4v) is 6.31. The van der Waals surface area contributed by atoms with E-state index in [9.17, 15) is 13.2 Å². The molecule has 5 rings (SSSR count). The Labute approximate surface area is 182 Å². The number of nitrogens with one attached hydrogen (secondary N) is 2. The SMILES string of the molecule is CC1CCc2[nH]c3ccc(C(=O)Nc4cccc(S(=O)(=O)N5CCCC5)c4)cc3c2C1. The van der Waals surface area contributed by atoms with Gasteiger partial charge in [0.25, 0.3) is 5.91 Å². The zero-order valence-electron chi connectivity index (χ0n) is 17.6. The molecule has 1 aromatic heterocycles. The van der Waals surface area contributed by atoms with Gasteiger partial charge >= 0.3 is 0 Å². The summed E-state index contributed by atoms with van der Waals surface area (Å²) in [6.45, 7) is 3.37. The van der Waals surface area contributed by atoms with Crippen LogP contribution in [0.5, 0.6) is 0 Å². The number of H-pyrrole nitrogens is 1. The number of hydrogen-bond donors (Lipinski definition) is 2. The van der Waals surface area contributed by atoms with E-state index in [-0.39, 0.29) is 10.8 Å². The summed E-state index contributed by atoms with van der Waals surface area (Å²) in [6, 6.07) is 12.2. The number of amides is 1. The van der Waals surface area contributed by atoms with Crippen molar-refractivity contribution in [1.29, 1.82) is 0 Å². The molecule has 3 aromatic rings. The molecule has 2 N–H and O–H groups in total. The highest BCUT2D eigenvalue weighted by molar-refractivity contribution is 7.89. The van der Waals surface area contributed by atoms with Crippen LogP contribution in [-0.2, 0) is 22.9 Å². The molecule has 2 aromatic carbocycles. The van der Waals surface area contributed by atoms with Gasteiger partial charge in [-0.3, -0.25) is 4.79 Å². The van der Waals surface area contributed by atoms with Gasteiger partial charge in [0.05, 0.1) is 4.90 Å². The Balaban J connectivity index is 1.40. The van der Waals surface area contributed by atoms with Gasteiger partial charge in [0.15, 0.2) is 0 Å². The number of benzene rings is 2. The van der Waals surface area contributed by atoms with Gasteiger partial charge in [-0.25, -0.2) is 8.42 Å². The Kier molecular flexibility index (Phi) is 5.10. The molecule has 0 saturated carbocycles. The van der Waals surface area contributed by atoms with Crippen molar-refractivity contribution < 1.29 is 13.2 Å². The van der Waals surface area contributed by atoms with Crippen LogP contribution in [0.1, 0.15) is 47.8 Å². The van der Waals surface area contributed by atoms with Crippen molar-refractivity contribution in [1.82, 2.24) is 9.29 Å². The molecule has 0 radical (unpaired) electrons. The number of aromatic nitrogens is 1. The van der Waals surface area contributed by atoms with Crippen LogP contribution in [0.2, 0.25) is 0 Å². The van der Waals surface area contributed by atoms with Crippen LogP contribution in [0.15, 0.2) is 47.4 Å². The number of fused-ring (bicyclic) bond motifs is 3. The summed E-state index contributed by atoms with van der Waals surface area (Å²) in [5.74, 6) is 0.403. The van der Waals surface area contributed by atoms with Crippen LogP contribution in [-0.4, -0.2) is 36.7 Å². The van der Waals surface area contributed by atoms with E-state index in [1.165, 1.54) is 22.0 Å². The lowest BCUT2D eigenvalue weighted by molar-refractivity contribution is 0.102. The van der Waals surface area contributed by atoms with Gasteiger partial charge in [0, 0.05) is 40.9 Å². The fraction of sp³-hybridized carbons (Fsp3) is 0.375. The fourth-order valence-electron chi connectivity index (χ4n) is 4.75. The van der Waals surface area contributed by atoms with E-state index < -0.39 is 10.0 Å². The maximum absolute atomic E-state index is 12.9. The summed E-state index contributed by atoms with van der Waals surface area (Å²) in [5.41, 5.74) is 4.72. The molecule has 1 aliphatic carbocycles. The van der Waals surface area contributed by atoms with Gasteiger partial charge in [0.1, 0.15) is 0 Å². The van der Waals surface area contributed by atoms with Gasteiger partial charge in [0.2, 0.25) is 10.0 Å². The molecule has 1 unspecified atom stereocenters. The standard InChI is InChI=1S/C24H27N3O3S/c1-16-7-9-22-20(13-16)21-14-17(8-10-23(21)26-22)24(28)25-18-5-4-6-19(15-18)31(29,30)27-11-2-3-12-27/h4-6,8,10,14-16,26H,2-3,7,9,11-13H2,1H3,(H,25,28). The molecule has 1 atom stereocenters. The first-order valence-corrected chi connectivity index (χ1v) is 12.4. The third-order valence-electron chi connectivity index (χ3n) is 6.49. The molecule has 7 heteroatoms. The van der Waals surface area contributed by atoms with Crippen LogP contribution in [0, 0.1) is 5.92 Å². The lowest BCUT2D eigenvalue weighted by Gasteiger charge is -2.18. The van der Waals surface area contributed by atoms with Gasteiger partial charge in [-0.15, -0.1) is 0 Å². The highest BCUT2D eigenvalue weighted by Gasteiger charge is 2.27. The summed E-state index contributed by atoms with van der Waals surface area (Å²) in [4.78, 5) is 16.7. The van der Waals surface area contributed by atoms with E-state index in [1.54, 1.807) is 24.3 Å². The number of nitrogens with zero attached hydrogens (tertiary/aromatic N) is 1. The van der Waals surface area contributed by atoms with E-state index in [1.807, 2.05) is 18.2 Å². The van der Waals surface area contributed by atoms with E-state index >= 15 is 0 Å². The molecule has 162 valence electrons. The van der Waals surface area contributed by atoms with E-state index in [4.69, 9.17) is 0 Å². The van der Waals surface area contributed by atoms with Crippen LogP contribution >= 0.6 is 0 Å². The Hall–Kier alpha value is -2.64. The third kappa shape index (κ3) is 3.77. The predicted molar refractivity (Wildman–Crippen MR) is 122 cm³/mol. The van der Waals surface area contributed by atoms with E-state index in [2.05, 4.69) is 17.2 Å². The Morgan fingerprint density at radius 1 is 1.13 bits per heavy atom. The number of aryl methyl sites for hydroxylation is 1. The second-order valence-corrected chi connectivity index (χ2v) is 10.7. The minimum atomic E-state index is -3.52. The predicted octanol–water partition coefficient (Wildman–Crippen LogP) is 4.33. The Morgan fingerprint density at radius 2 is 1.94 bits per heavy atom. The number of hydrogen-bond acceptors (Lipinski definition) is 3. The first-order chi connectivity index (χ1) is 14.9. The van der Waals surface area contributed by atoms with Crippen molar-refractivity contribution in [3.8, 4) is 0 Å². The van der Waals surface area contributed by atoms with Gasteiger partial charge < -0.3 is 10.3 Å². The largest absolute Gasteiger partial charge is 0.358 e. The lowest BCUT2D eigenvalue weighted by atomic mass is 9.87. The molecular weight excluding hydrogens is 410 g/mol. The minimum Gasteiger partial charge on any atom is -0.358 e. The number of sulfonamides is 1. The maximum atomic E-state index is 12.9. The van der Waals surface area contributed by atoms with Crippen molar-refractivity contribution >= 4 is 32.5 Å². The molecule has 31 heavy (non-hydrogen) atoms. The van der Waals surface area contributed by atoms with Crippen molar-refractivity contribution in [3.63, 3.8) is 0 Å². The number of anilines is 1. The quantitative estimate of drug-likeness (QED) is 0.637. The first-order valence-electron chi connectivity index (χ1n) is 11.0. The monoisotopic (exact) mass is 437 g/mol. The van der Waals surface area contributed by atoms with Crippen molar-refractivity contribution in [2.24, 2.45) is 5.92 Å². The highest BCUT2D eigenvalue weighted by Crippen LogP contribution is 2.32. The second kappa shape index (κ2) is 7.80. The van der Waals surface area contributed by atoms with Crippen molar-refractivity contribution in [2.45, 2.75) is 43.9 Å². The highest BCUT2D eigenvalue weighted by atomic mass is 32.2. The first kappa shape index (κ1) is 20.3. The number of carbonyl (C=O) groups excluding carboxylic acids is 1. The zero-order chi connectivity index (χ0) is 21.6. The lowest BCUT2D eigenvalue weighted by Crippen LogP contribution is -2.27. The molecule has 1 aliphatic heterocycles. The van der Waals surface area contributed by atoms with Gasteiger partial charge in [-0.2, -0.15) is 4.31 Å². The molecule has 2 aliphatic rings. The number of aromatic amines is 1. The molecule has 6 nitrogen and oxygen atoms in total. The second-order valence-electron chi connectivity index (χ2n) is 8.78. The van der Waals surface area contributed by atoms with E-state index in [0.29, 0.717) is 30.3 Å². The Morgan fingerprint density at radius 3 is 2.74 bits per heavy atom. The topological polar surface area (TPSA) is 82.3 Å². The smallest absolute Gasteiger partial charge is 0.255 e. The van der Waals surface area contributed by atoms with Crippen molar-refractivity contribution in [2.75, 3.05) is 18.4 Å². The summed E-state index contributed by atoms with van der Waals surface area (Å²) in [6.07, 6.45) is 5.03. The van der Waals surface area contributed by atoms with Crippen LogP contribution < -0.4 is 5.32 Å². The molecule has 0 spiro atoms. The Bertz CT molecular complexity index is 1260. The summed E-state index contributed by atoms with van der Waals surface area (Å²) in [5, 5.41) is 3.99. The summed E-state index contributed by atoms with van der Waals surface area (Å²) < 4.78 is 27.2. The molecule has 1 amide bonds. The molecule has 1 fully saturated rings. The van der Waals surface area contributed by atoms with Crippen LogP contribution in [0.3, 0.4) is 0 Å². The summed E-state index contributed by atoms with van der Waals surface area (Å²) >= 11 is 0. The molecule has 1 saturated heterocycles. The summed E-state index contributed by atoms with van der Waals surface area (Å²) in [7, 11) is -3.52. The average molecular weight is 438 g/mol. The minimum absolute atomic E-state index is 0.219. The van der Waals surface area contributed by atoms with Crippen LogP contribution in [0.25, 0.3) is 10.9 Å². The van der Waals surface area contributed by atoms with Gasteiger partial charge in [-0.05, 0) is 80.0 Å². The number of carbonyl (C=O) groups is 1. The third-order valence-corrected chi connectivity index (χ3v) is 8.39. The average Bonchev–Trinajstić information content (AvgIpc) is 3.42. The van der Waals surface area contributed by atoms with Gasteiger partial charge in [-0.1, -0.05) is 13.0 Å². The number of rotatable bonds is 4. The normalized spacial score (nSPS) is 19.5. The molecular formula is C24H27N3O3S. The van der Waals surface area contributed by atoms with Crippen molar-refractivity contribution in [3.05, 3.63) is 59.3 Å².